The monoisotopic (exact) mass is 468 g/mol. The van der Waals surface area contributed by atoms with Crippen molar-refractivity contribution in [1.82, 2.24) is 0 Å². The average Bonchev–Trinajstić information content (AvgIpc) is 3.07. The summed E-state index contributed by atoms with van der Waals surface area (Å²) in [7, 11) is 1.48. The molecule has 3 aliphatic carbocycles. The molecule has 2 aromatic carbocycles. The number of allylic oxidation sites excluding steroid dienone is 1. The highest BCUT2D eigenvalue weighted by Gasteiger charge is 2.64. The summed E-state index contributed by atoms with van der Waals surface area (Å²) in [6, 6.07) is 7.42. The Morgan fingerprint density at radius 3 is 2.68 bits per heavy atom. The third-order valence-electron chi connectivity index (χ3n) is 7.70. The van der Waals surface area contributed by atoms with Crippen LogP contribution in [-0.2, 0) is 4.74 Å². The zero-order valence-corrected chi connectivity index (χ0v) is 18.2. The first-order chi connectivity index (χ1) is 16.2. The normalized spacial score (nSPS) is 35.5. The van der Waals surface area contributed by atoms with Gasteiger partial charge in [0, 0.05) is 30.4 Å². The number of ketones is 1. The van der Waals surface area contributed by atoms with Crippen molar-refractivity contribution >= 4 is 5.78 Å². The van der Waals surface area contributed by atoms with Crippen LogP contribution in [-0.4, -0.2) is 63.0 Å². The van der Waals surface area contributed by atoms with Crippen molar-refractivity contribution < 1.29 is 44.5 Å². The molecule has 7 atom stereocenters. The molecule has 178 valence electrons. The molecule has 5 aliphatic rings. The summed E-state index contributed by atoms with van der Waals surface area (Å²) in [6.07, 6.45) is -0.423. The van der Waals surface area contributed by atoms with Gasteiger partial charge in [-0.2, -0.15) is 0 Å². The average molecular weight is 468 g/mol. The van der Waals surface area contributed by atoms with Crippen molar-refractivity contribution in [3.8, 4) is 28.7 Å². The van der Waals surface area contributed by atoms with Gasteiger partial charge in [-0.3, -0.25) is 4.79 Å². The van der Waals surface area contributed by atoms with Gasteiger partial charge in [0.25, 0.3) is 0 Å². The molecule has 0 aromatic heterocycles. The highest BCUT2D eigenvalue weighted by Crippen LogP contribution is 2.62. The fourth-order valence-corrected chi connectivity index (χ4v) is 6.39. The van der Waals surface area contributed by atoms with Gasteiger partial charge < -0.3 is 39.7 Å². The smallest absolute Gasteiger partial charge is 0.202 e. The lowest BCUT2D eigenvalue weighted by molar-refractivity contribution is -0.209. The Morgan fingerprint density at radius 1 is 1.12 bits per heavy atom. The van der Waals surface area contributed by atoms with Crippen molar-refractivity contribution in [2.75, 3.05) is 13.7 Å². The van der Waals surface area contributed by atoms with Crippen LogP contribution >= 0.6 is 0 Å². The van der Waals surface area contributed by atoms with Crippen LogP contribution in [0.2, 0.25) is 0 Å². The summed E-state index contributed by atoms with van der Waals surface area (Å²) < 4.78 is 17.1. The molecule has 2 fully saturated rings. The van der Waals surface area contributed by atoms with Gasteiger partial charge >= 0.3 is 0 Å². The lowest BCUT2D eigenvalue weighted by Crippen LogP contribution is -2.55. The van der Waals surface area contributed by atoms with E-state index < -0.39 is 35.4 Å². The number of methoxy groups -OCH3 is 1. The van der Waals surface area contributed by atoms with E-state index in [0.29, 0.717) is 17.7 Å². The summed E-state index contributed by atoms with van der Waals surface area (Å²) >= 11 is 0. The zero-order valence-electron chi connectivity index (χ0n) is 18.2. The Kier molecular flexibility index (Phi) is 4.45. The number of aliphatic hydroxyl groups excluding tert-OH is 1. The molecular formula is C25H24O9. The van der Waals surface area contributed by atoms with E-state index in [1.807, 2.05) is 12.1 Å². The number of hydrogen-bond donors (Lipinski definition) is 5. The summed E-state index contributed by atoms with van der Waals surface area (Å²) in [5, 5.41) is 52.2. The topological polar surface area (TPSA) is 146 Å². The number of aliphatic hydroxyl groups is 2. The Hall–Kier alpha value is -3.27. The maximum absolute atomic E-state index is 12.9. The number of carbonyl (C=O) groups excluding carboxylic acids is 1. The highest BCUT2D eigenvalue weighted by molar-refractivity contribution is 6.05. The molecule has 2 heterocycles. The number of phenols is 3. The lowest BCUT2D eigenvalue weighted by Gasteiger charge is -2.51. The molecule has 0 radical (unpaired) electrons. The van der Waals surface area contributed by atoms with Crippen LogP contribution in [0.3, 0.4) is 0 Å². The molecule has 34 heavy (non-hydrogen) atoms. The molecular weight excluding hydrogens is 444 g/mol. The number of benzene rings is 2. The second kappa shape index (κ2) is 7.11. The van der Waals surface area contributed by atoms with Crippen molar-refractivity contribution in [3.63, 3.8) is 0 Å². The van der Waals surface area contributed by atoms with Crippen molar-refractivity contribution in [2.45, 2.75) is 30.3 Å². The van der Waals surface area contributed by atoms with Crippen LogP contribution in [0, 0.1) is 17.8 Å². The van der Waals surface area contributed by atoms with Crippen LogP contribution in [0.1, 0.15) is 28.3 Å². The molecule has 2 aromatic rings. The lowest BCUT2D eigenvalue weighted by atomic mass is 9.55. The SMILES string of the molecule is COc1cc(C2C3CO[C@]4(O)C[C@H]2C=C([C@H]2Oc5cc(O)cc(O)c5C(=O)[C@@H]2O)[C@H]34)ccc1O. The van der Waals surface area contributed by atoms with E-state index in [1.165, 1.54) is 13.2 Å². The third-order valence-corrected chi connectivity index (χ3v) is 7.70. The second-order valence-electron chi connectivity index (χ2n) is 9.47. The predicted molar refractivity (Wildman–Crippen MR) is 116 cm³/mol. The number of fused-ring (bicyclic) bond motifs is 1. The minimum atomic E-state index is -1.59. The van der Waals surface area contributed by atoms with E-state index in [0.717, 1.165) is 11.6 Å². The summed E-state index contributed by atoms with van der Waals surface area (Å²) in [6.45, 7) is 0.276. The van der Waals surface area contributed by atoms with E-state index in [-0.39, 0.29) is 47.2 Å². The predicted octanol–water partition coefficient (Wildman–Crippen LogP) is 1.81. The minimum absolute atomic E-state index is 0.0276. The third kappa shape index (κ3) is 2.81. The Morgan fingerprint density at radius 2 is 1.91 bits per heavy atom. The number of ether oxygens (including phenoxy) is 3. The fraction of sp³-hybridized carbons (Fsp3) is 0.400. The van der Waals surface area contributed by atoms with Crippen LogP contribution in [0.25, 0.3) is 0 Å². The number of Topliss-reactive ketones (excluding diaryl/α,β-unsaturated/α-hetero) is 1. The largest absolute Gasteiger partial charge is 0.508 e. The molecule has 5 N–H and O–H groups in total. The van der Waals surface area contributed by atoms with Gasteiger partial charge in [-0.25, -0.2) is 0 Å². The van der Waals surface area contributed by atoms with Crippen molar-refractivity contribution in [3.05, 3.63) is 53.1 Å². The van der Waals surface area contributed by atoms with Crippen molar-refractivity contribution in [1.29, 1.82) is 0 Å². The number of hydrogen-bond acceptors (Lipinski definition) is 9. The van der Waals surface area contributed by atoms with Crippen LogP contribution in [0.5, 0.6) is 28.7 Å². The second-order valence-corrected chi connectivity index (χ2v) is 9.47. The highest BCUT2D eigenvalue weighted by atomic mass is 16.6. The number of phenolic OH excluding ortho intramolecular Hbond substituents is 3. The van der Waals surface area contributed by atoms with Crippen LogP contribution in [0.4, 0.5) is 0 Å². The molecule has 9 nitrogen and oxygen atoms in total. The minimum Gasteiger partial charge on any atom is -0.508 e. The molecule has 7 rings (SSSR count). The molecule has 1 saturated heterocycles. The Bertz CT molecular complexity index is 1240. The van der Waals surface area contributed by atoms with E-state index in [2.05, 4.69) is 0 Å². The molecule has 9 heteroatoms. The van der Waals surface area contributed by atoms with Gasteiger partial charge in [0.05, 0.1) is 13.7 Å². The molecule has 0 spiro atoms. The van der Waals surface area contributed by atoms with E-state index in [9.17, 15) is 30.3 Å². The fourth-order valence-electron chi connectivity index (χ4n) is 6.39. The first-order valence-electron chi connectivity index (χ1n) is 11.1. The maximum atomic E-state index is 12.9. The first-order valence-corrected chi connectivity index (χ1v) is 11.1. The molecule has 0 amide bonds. The van der Waals surface area contributed by atoms with Gasteiger partial charge in [-0.1, -0.05) is 12.1 Å². The van der Waals surface area contributed by atoms with E-state index in [4.69, 9.17) is 14.2 Å². The van der Waals surface area contributed by atoms with E-state index in [1.54, 1.807) is 12.1 Å². The number of aromatic hydroxyl groups is 3. The van der Waals surface area contributed by atoms with Gasteiger partial charge in [-0.15, -0.1) is 0 Å². The molecule has 2 unspecified atom stereocenters. The Labute approximate surface area is 194 Å². The van der Waals surface area contributed by atoms with Crippen LogP contribution < -0.4 is 9.47 Å². The number of carbonyl (C=O) groups is 1. The molecule has 4 bridgehead atoms. The standard InChI is InChI=1S/C25H24O9/c1-32-17-5-10(2-3-15(17)27)19-11-4-13(21-14(19)9-33-25(21,31)8-11)24-23(30)22(29)20-16(28)6-12(26)7-18(20)34-24/h2-7,11,14,19,21,23-24,26-28,30-31H,8-9H2,1H3/t11-,14?,19?,21-,23+,24-,25-/m1/s1. The first kappa shape index (κ1) is 21.3. The molecule has 2 aliphatic heterocycles. The van der Waals surface area contributed by atoms with Gasteiger partial charge in [-0.05, 0) is 35.1 Å². The Balaban J connectivity index is 1.42. The van der Waals surface area contributed by atoms with Crippen LogP contribution in [0.15, 0.2) is 42.0 Å². The zero-order chi connectivity index (χ0) is 23.9. The summed E-state index contributed by atoms with van der Waals surface area (Å²) in [5.41, 5.74) is 1.31. The van der Waals surface area contributed by atoms with Gasteiger partial charge in [0.15, 0.2) is 29.5 Å². The van der Waals surface area contributed by atoms with E-state index >= 15 is 0 Å². The molecule has 1 saturated carbocycles. The summed E-state index contributed by atoms with van der Waals surface area (Å²) in [4.78, 5) is 12.9. The van der Waals surface area contributed by atoms with Gasteiger partial charge in [0.1, 0.15) is 22.8 Å². The van der Waals surface area contributed by atoms with Crippen molar-refractivity contribution in [2.24, 2.45) is 17.8 Å². The quantitative estimate of drug-likeness (QED) is 0.426. The maximum Gasteiger partial charge on any atom is 0.202 e. The summed E-state index contributed by atoms with van der Waals surface area (Å²) in [5.74, 6) is -3.49. The number of rotatable bonds is 3. The van der Waals surface area contributed by atoms with Gasteiger partial charge in [0.2, 0.25) is 5.78 Å².